The summed E-state index contributed by atoms with van der Waals surface area (Å²) < 4.78 is 3.04. The van der Waals surface area contributed by atoms with Gasteiger partial charge in [-0.15, -0.1) is 12.4 Å². The van der Waals surface area contributed by atoms with E-state index >= 15 is 0 Å². The van der Waals surface area contributed by atoms with Crippen LogP contribution in [0.15, 0.2) is 36.5 Å². The molecule has 3 N–H and O–H groups in total. The van der Waals surface area contributed by atoms with Gasteiger partial charge in [-0.3, -0.25) is 4.68 Å². The summed E-state index contributed by atoms with van der Waals surface area (Å²) >= 11 is 1.58. The van der Waals surface area contributed by atoms with Crippen LogP contribution in [0, 0.1) is 0 Å². The number of hydrogen-bond donors (Lipinski definition) is 2. The fourth-order valence-corrected chi connectivity index (χ4v) is 4.82. The molecule has 0 unspecified atom stereocenters. The number of rotatable bonds is 2. The monoisotopic (exact) mass is 399 g/mol. The van der Waals surface area contributed by atoms with E-state index in [0.29, 0.717) is 11.0 Å². The van der Waals surface area contributed by atoms with E-state index in [2.05, 4.69) is 51.9 Å². The zero-order valence-electron chi connectivity index (χ0n) is 15.1. The molecule has 27 heavy (non-hydrogen) atoms. The highest BCUT2D eigenvalue weighted by Crippen LogP contribution is 2.38. The van der Waals surface area contributed by atoms with Gasteiger partial charge in [-0.25, -0.2) is 4.98 Å². The average molecular weight is 400 g/mol. The van der Waals surface area contributed by atoms with Crippen molar-refractivity contribution in [2.45, 2.75) is 18.8 Å². The highest BCUT2D eigenvalue weighted by Gasteiger charge is 2.20. The normalized spacial score (nSPS) is 15.3. The van der Waals surface area contributed by atoms with Gasteiger partial charge >= 0.3 is 0 Å². The predicted octanol–water partition coefficient (Wildman–Crippen LogP) is 4.32. The molecule has 140 valence electrons. The maximum atomic E-state index is 6.04. The number of fused-ring (bicyclic) bond motifs is 2. The lowest BCUT2D eigenvalue weighted by Crippen LogP contribution is -2.26. The Labute approximate surface area is 168 Å². The lowest BCUT2D eigenvalue weighted by Gasteiger charge is -2.23. The number of nitrogens with one attached hydrogen (secondary N) is 1. The van der Waals surface area contributed by atoms with Crippen molar-refractivity contribution >= 4 is 50.0 Å². The standard InChI is InChI=1S/C20H21N5S.ClH/c1-25-11-15-8-13(2-3-17(15)24-25)14-9-16(12-4-6-22-7-5-12)19-18(10-14)26-20(21)23-19;/h2-3,8-12,22H,4-7H2,1H3,(H2,21,23);1H. The smallest absolute Gasteiger partial charge is 0.181 e. The van der Waals surface area contributed by atoms with Crippen molar-refractivity contribution in [2.75, 3.05) is 18.8 Å². The first-order valence-corrected chi connectivity index (χ1v) is 9.83. The Morgan fingerprint density at radius 1 is 1.15 bits per heavy atom. The molecule has 0 atom stereocenters. The Bertz CT molecular complexity index is 1110. The summed E-state index contributed by atoms with van der Waals surface area (Å²) in [4.78, 5) is 4.64. The number of nitrogens with two attached hydrogens (primary N) is 1. The molecular weight excluding hydrogens is 378 g/mol. The highest BCUT2D eigenvalue weighted by molar-refractivity contribution is 7.22. The topological polar surface area (TPSA) is 68.8 Å². The van der Waals surface area contributed by atoms with Crippen LogP contribution >= 0.6 is 23.7 Å². The Balaban J connectivity index is 0.00000180. The second kappa shape index (κ2) is 7.11. The minimum Gasteiger partial charge on any atom is -0.375 e. The van der Waals surface area contributed by atoms with Crippen LogP contribution in [0.1, 0.15) is 24.3 Å². The van der Waals surface area contributed by atoms with E-state index in [-0.39, 0.29) is 12.4 Å². The molecule has 0 saturated carbocycles. The number of nitrogen functional groups attached to an aromatic ring is 1. The fourth-order valence-electron chi connectivity index (χ4n) is 4.01. The number of anilines is 1. The highest BCUT2D eigenvalue weighted by atomic mass is 35.5. The molecule has 2 aromatic carbocycles. The van der Waals surface area contributed by atoms with Crippen LogP contribution in [0.2, 0.25) is 0 Å². The van der Waals surface area contributed by atoms with Crippen LogP contribution in [-0.4, -0.2) is 27.9 Å². The maximum absolute atomic E-state index is 6.04. The molecule has 2 aromatic heterocycles. The van der Waals surface area contributed by atoms with Gasteiger partial charge in [0, 0.05) is 18.6 Å². The summed E-state index contributed by atoms with van der Waals surface area (Å²) in [5.74, 6) is 0.544. The van der Waals surface area contributed by atoms with Crippen LogP contribution in [0.4, 0.5) is 5.13 Å². The zero-order chi connectivity index (χ0) is 17.7. The average Bonchev–Trinajstić information content (AvgIpc) is 3.21. The molecule has 1 saturated heterocycles. The van der Waals surface area contributed by atoms with Crippen LogP contribution in [-0.2, 0) is 7.05 Å². The molecule has 0 aliphatic carbocycles. The van der Waals surface area contributed by atoms with Gasteiger partial charge in [0.2, 0.25) is 0 Å². The first-order valence-electron chi connectivity index (χ1n) is 9.02. The van der Waals surface area contributed by atoms with Crippen LogP contribution < -0.4 is 11.1 Å². The van der Waals surface area contributed by atoms with Crippen molar-refractivity contribution in [3.05, 3.63) is 42.1 Å². The van der Waals surface area contributed by atoms with Gasteiger partial charge in [0.1, 0.15) is 0 Å². The summed E-state index contributed by atoms with van der Waals surface area (Å²) in [5, 5.41) is 9.74. The van der Waals surface area contributed by atoms with Crippen LogP contribution in [0.5, 0.6) is 0 Å². The van der Waals surface area contributed by atoms with Crippen molar-refractivity contribution in [1.82, 2.24) is 20.1 Å². The summed E-state index contributed by atoms with van der Waals surface area (Å²) in [6.07, 6.45) is 4.37. The van der Waals surface area contributed by atoms with Crippen molar-refractivity contribution in [3.8, 4) is 11.1 Å². The molecule has 0 bridgehead atoms. The SMILES string of the molecule is Cl.Cn1cc2cc(-c3cc(C4CCNCC4)c4nc(N)sc4c3)ccc2n1. The molecule has 5 rings (SSSR count). The van der Waals surface area contributed by atoms with Gasteiger partial charge in [-0.1, -0.05) is 17.4 Å². The molecule has 0 radical (unpaired) electrons. The lowest BCUT2D eigenvalue weighted by molar-refractivity contribution is 0.462. The van der Waals surface area contributed by atoms with Crippen LogP contribution in [0.25, 0.3) is 32.2 Å². The Kier molecular flexibility index (Phi) is 4.80. The third-order valence-electron chi connectivity index (χ3n) is 5.27. The number of halogens is 1. The van der Waals surface area contributed by atoms with E-state index in [1.807, 2.05) is 11.7 Å². The van der Waals surface area contributed by atoms with E-state index in [1.54, 1.807) is 11.3 Å². The zero-order valence-corrected chi connectivity index (χ0v) is 16.7. The number of piperidine rings is 1. The van der Waals surface area contributed by atoms with Crippen LogP contribution in [0.3, 0.4) is 0 Å². The van der Waals surface area contributed by atoms with Gasteiger partial charge in [-0.05, 0) is 72.8 Å². The molecule has 1 fully saturated rings. The van der Waals surface area contributed by atoms with E-state index in [0.717, 1.165) is 42.4 Å². The molecule has 4 aromatic rings. The molecular formula is C20H22ClN5S. The van der Waals surface area contributed by atoms with E-state index < -0.39 is 0 Å². The molecule has 0 amide bonds. The molecule has 1 aliphatic heterocycles. The van der Waals surface area contributed by atoms with Crippen molar-refractivity contribution in [1.29, 1.82) is 0 Å². The van der Waals surface area contributed by atoms with Gasteiger partial charge in [0.25, 0.3) is 0 Å². The number of thiazole rings is 1. The molecule has 7 heteroatoms. The third kappa shape index (κ3) is 3.29. The molecule has 1 aliphatic rings. The summed E-state index contributed by atoms with van der Waals surface area (Å²) in [6.45, 7) is 2.13. The molecule has 5 nitrogen and oxygen atoms in total. The van der Waals surface area contributed by atoms with Gasteiger partial charge < -0.3 is 11.1 Å². The molecule has 3 heterocycles. The lowest BCUT2D eigenvalue weighted by atomic mass is 9.87. The minimum absolute atomic E-state index is 0. The second-order valence-corrected chi connectivity index (χ2v) is 8.13. The number of aryl methyl sites for hydroxylation is 1. The second-order valence-electron chi connectivity index (χ2n) is 7.06. The summed E-state index contributed by atoms with van der Waals surface area (Å²) in [6, 6.07) is 11.0. The number of aromatic nitrogens is 3. The molecule has 0 spiro atoms. The van der Waals surface area contributed by atoms with Gasteiger partial charge in [0.15, 0.2) is 5.13 Å². The minimum atomic E-state index is 0. The van der Waals surface area contributed by atoms with Gasteiger partial charge in [0.05, 0.1) is 15.7 Å². The third-order valence-corrected chi connectivity index (χ3v) is 6.10. The van der Waals surface area contributed by atoms with E-state index in [9.17, 15) is 0 Å². The largest absolute Gasteiger partial charge is 0.375 e. The van der Waals surface area contributed by atoms with Crippen molar-refractivity contribution < 1.29 is 0 Å². The quantitative estimate of drug-likeness (QED) is 0.526. The summed E-state index contributed by atoms with van der Waals surface area (Å²) in [7, 11) is 1.96. The first kappa shape index (κ1) is 18.2. The van der Waals surface area contributed by atoms with Crippen molar-refractivity contribution in [3.63, 3.8) is 0 Å². The Hall–Kier alpha value is -2.15. The Morgan fingerprint density at radius 3 is 2.78 bits per heavy atom. The number of hydrogen-bond acceptors (Lipinski definition) is 5. The predicted molar refractivity (Wildman–Crippen MR) is 116 cm³/mol. The number of nitrogens with zero attached hydrogens (tertiary/aromatic N) is 3. The first-order chi connectivity index (χ1) is 12.7. The summed E-state index contributed by atoms with van der Waals surface area (Å²) in [5.41, 5.74) is 12.0. The fraction of sp³-hybridized carbons (Fsp3) is 0.300. The number of benzene rings is 2. The maximum Gasteiger partial charge on any atom is 0.181 e. The Morgan fingerprint density at radius 2 is 1.96 bits per heavy atom. The van der Waals surface area contributed by atoms with Gasteiger partial charge in [-0.2, -0.15) is 5.10 Å². The van der Waals surface area contributed by atoms with E-state index in [4.69, 9.17) is 5.73 Å². The van der Waals surface area contributed by atoms with E-state index in [1.165, 1.54) is 21.4 Å². The van der Waals surface area contributed by atoms with Crippen molar-refractivity contribution in [2.24, 2.45) is 7.05 Å².